The van der Waals surface area contributed by atoms with E-state index in [2.05, 4.69) is 44.1 Å². The van der Waals surface area contributed by atoms with Crippen molar-refractivity contribution in [2.24, 2.45) is 0 Å². The summed E-state index contributed by atoms with van der Waals surface area (Å²) in [4.78, 5) is 11.9. The first-order valence-electron chi connectivity index (χ1n) is 5.39. The van der Waals surface area contributed by atoms with Crippen molar-refractivity contribution in [1.29, 1.82) is 0 Å². The van der Waals surface area contributed by atoms with Crippen molar-refractivity contribution in [2.75, 3.05) is 0 Å². The topological polar surface area (TPSA) is 12.9 Å². The van der Waals surface area contributed by atoms with Crippen LogP contribution in [0.15, 0.2) is 36.5 Å². The third-order valence-electron chi connectivity index (χ3n) is 2.44. The maximum absolute atomic E-state index is 4.50. The van der Waals surface area contributed by atoms with E-state index in [1.165, 1.54) is 20.9 Å². The molecule has 0 unspecified atom stereocenters. The van der Waals surface area contributed by atoms with E-state index in [1.54, 1.807) is 0 Å². The summed E-state index contributed by atoms with van der Waals surface area (Å²) in [7, 11) is 0. The Labute approximate surface area is 95.4 Å². The van der Waals surface area contributed by atoms with Gasteiger partial charge in [0.25, 0.3) is 0 Å². The van der Waals surface area contributed by atoms with E-state index in [0.29, 0.717) is 0 Å². The Hall–Kier alpha value is -0.571. The van der Waals surface area contributed by atoms with Gasteiger partial charge in [-0.1, -0.05) is 0 Å². The second-order valence-electron chi connectivity index (χ2n) is 5.23. The van der Waals surface area contributed by atoms with Crippen molar-refractivity contribution in [3.8, 4) is 0 Å². The zero-order valence-electron chi connectivity index (χ0n) is 9.62. The van der Waals surface area contributed by atoms with Crippen molar-refractivity contribution in [2.45, 2.75) is 19.3 Å². The van der Waals surface area contributed by atoms with Gasteiger partial charge in [0.2, 0.25) is 0 Å². The number of nitrogens with zero attached hydrogens (tertiary/aromatic N) is 1. The van der Waals surface area contributed by atoms with Gasteiger partial charge in [0.15, 0.2) is 0 Å². The van der Waals surface area contributed by atoms with Gasteiger partial charge in [0, 0.05) is 0 Å². The molecule has 1 aromatic heterocycles. The predicted octanol–water partition coefficient (Wildman–Crippen LogP) is 3.65. The fourth-order valence-electron chi connectivity index (χ4n) is 1.88. The quantitative estimate of drug-likeness (QED) is 0.772. The number of pyridine rings is 1. The van der Waals surface area contributed by atoms with Gasteiger partial charge in [-0.05, 0) is 0 Å². The summed E-state index contributed by atoms with van der Waals surface area (Å²) in [5, 5.41) is 1.27. The number of aromatic nitrogens is 1. The van der Waals surface area contributed by atoms with Crippen molar-refractivity contribution in [3.05, 3.63) is 42.1 Å². The molecule has 15 heavy (non-hydrogen) atoms. The zero-order valence-corrected chi connectivity index (χ0v) is 12.5. The van der Waals surface area contributed by atoms with Crippen molar-refractivity contribution in [3.63, 3.8) is 0 Å². The summed E-state index contributed by atoms with van der Waals surface area (Å²) in [6, 6.07) is 10.7. The molecule has 2 rings (SSSR count). The fourth-order valence-corrected chi connectivity index (χ4v) is 5.96. The van der Waals surface area contributed by atoms with Crippen LogP contribution in [0.4, 0.5) is 0 Å². The molecule has 1 nitrogen and oxygen atoms in total. The minimum absolute atomic E-state index is 1.20. The van der Waals surface area contributed by atoms with Gasteiger partial charge in [0.05, 0.1) is 0 Å². The van der Waals surface area contributed by atoms with Crippen LogP contribution in [-0.4, -0.2) is 23.4 Å². The van der Waals surface area contributed by atoms with E-state index < -0.39 is 18.4 Å². The zero-order chi connectivity index (χ0) is 10.9. The van der Waals surface area contributed by atoms with Crippen LogP contribution in [-0.2, 0) is 4.44 Å². The first-order valence-corrected chi connectivity index (χ1v) is 16.0. The standard InChI is InChI=1S/C10H8N.3CH3.Sn/c1-8-4-2-5-9-6-3-7-11-10(8)9;;;;/h2-7H,1H2;3*1H3;. The first kappa shape index (κ1) is 10.9. The van der Waals surface area contributed by atoms with Crippen molar-refractivity contribution >= 4 is 29.3 Å². The summed E-state index contributed by atoms with van der Waals surface area (Å²) in [5.41, 5.74) is 2.64. The van der Waals surface area contributed by atoms with Gasteiger partial charge in [-0.3, -0.25) is 0 Å². The number of fused-ring (bicyclic) bond motifs is 1. The molecule has 0 atom stereocenters. The maximum atomic E-state index is 4.50. The van der Waals surface area contributed by atoms with E-state index in [9.17, 15) is 0 Å². The van der Waals surface area contributed by atoms with Crippen LogP contribution in [0.5, 0.6) is 0 Å². The van der Waals surface area contributed by atoms with Gasteiger partial charge in [-0.25, -0.2) is 0 Å². The summed E-state index contributed by atoms with van der Waals surface area (Å²) in [5.74, 6) is 0. The Morgan fingerprint density at radius 2 is 1.80 bits per heavy atom. The Balaban J connectivity index is 2.52. The Bertz CT molecular complexity index is 466. The van der Waals surface area contributed by atoms with Crippen LogP contribution in [0, 0.1) is 0 Å². The second-order valence-corrected chi connectivity index (χ2v) is 20.9. The molecule has 2 aromatic rings. The molecule has 0 bridgehead atoms. The Morgan fingerprint density at radius 3 is 2.53 bits per heavy atom. The van der Waals surface area contributed by atoms with Gasteiger partial charge < -0.3 is 0 Å². The average Bonchev–Trinajstić information content (AvgIpc) is 2.16. The molecule has 0 saturated heterocycles. The number of rotatable bonds is 2. The molecule has 1 aromatic carbocycles. The summed E-state index contributed by atoms with van der Waals surface area (Å²) >= 11 is -1.75. The molecule has 0 saturated carbocycles. The first-order chi connectivity index (χ1) is 7.06. The fraction of sp³-hybridized carbons (Fsp3) is 0.308. The average molecular weight is 306 g/mol. The molecule has 0 N–H and O–H groups in total. The van der Waals surface area contributed by atoms with Crippen LogP contribution >= 0.6 is 0 Å². The second kappa shape index (κ2) is 4.12. The summed E-state index contributed by atoms with van der Waals surface area (Å²) in [6.45, 7) is 0. The van der Waals surface area contributed by atoms with Gasteiger partial charge in [-0.2, -0.15) is 0 Å². The SMILES string of the molecule is [CH3][Sn]([CH3])([CH3])[CH2]c1cccc2cccnc12. The number of para-hydroxylation sites is 1. The summed E-state index contributed by atoms with van der Waals surface area (Å²) < 4.78 is 1.28. The normalized spacial score (nSPS) is 11.9. The van der Waals surface area contributed by atoms with E-state index in [4.69, 9.17) is 0 Å². The van der Waals surface area contributed by atoms with Crippen molar-refractivity contribution in [1.82, 2.24) is 4.98 Å². The van der Waals surface area contributed by atoms with Crippen LogP contribution in [0.25, 0.3) is 10.9 Å². The molecule has 0 aliphatic heterocycles. The van der Waals surface area contributed by atoms with Crippen LogP contribution < -0.4 is 0 Å². The van der Waals surface area contributed by atoms with Gasteiger partial charge in [0.1, 0.15) is 0 Å². The van der Waals surface area contributed by atoms with E-state index in [-0.39, 0.29) is 0 Å². The predicted molar refractivity (Wildman–Crippen MR) is 68.8 cm³/mol. The third-order valence-corrected chi connectivity index (χ3v) is 6.55. The van der Waals surface area contributed by atoms with Crippen LogP contribution in [0.3, 0.4) is 0 Å². The van der Waals surface area contributed by atoms with Crippen LogP contribution in [0.1, 0.15) is 5.56 Å². The monoisotopic (exact) mass is 307 g/mol. The molecular formula is C13H17NSn. The van der Waals surface area contributed by atoms with Crippen molar-refractivity contribution < 1.29 is 0 Å². The number of hydrogen-bond donors (Lipinski definition) is 0. The van der Waals surface area contributed by atoms with E-state index in [0.717, 1.165) is 0 Å². The third kappa shape index (κ3) is 2.71. The van der Waals surface area contributed by atoms with Gasteiger partial charge in [-0.15, -0.1) is 0 Å². The molecule has 0 aliphatic rings. The number of benzene rings is 1. The molecule has 78 valence electrons. The molecule has 0 spiro atoms. The molecular weight excluding hydrogens is 289 g/mol. The molecule has 1 heterocycles. The molecule has 0 fully saturated rings. The molecule has 2 heteroatoms. The van der Waals surface area contributed by atoms with E-state index >= 15 is 0 Å². The Morgan fingerprint density at radius 1 is 1.07 bits per heavy atom. The molecule has 0 radical (unpaired) electrons. The Kier molecular flexibility index (Phi) is 3.00. The number of hydrogen-bond acceptors (Lipinski definition) is 1. The van der Waals surface area contributed by atoms with Gasteiger partial charge >= 0.3 is 95.6 Å². The van der Waals surface area contributed by atoms with E-state index in [1.807, 2.05) is 12.3 Å². The molecule has 0 aliphatic carbocycles. The van der Waals surface area contributed by atoms with Crippen LogP contribution in [0.2, 0.25) is 14.8 Å². The minimum atomic E-state index is -1.75. The molecule has 0 amide bonds. The summed E-state index contributed by atoms with van der Waals surface area (Å²) in [6.07, 6.45) is 1.89.